The van der Waals surface area contributed by atoms with Gasteiger partial charge in [-0.3, -0.25) is 4.79 Å². The summed E-state index contributed by atoms with van der Waals surface area (Å²) in [6.45, 7) is 6.48. The summed E-state index contributed by atoms with van der Waals surface area (Å²) in [5.74, 6) is 0.0839. The fourth-order valence-corrected chi connectivity index (χ4v) is 3.10. The van der Waals surface area contributed by atoms with Gasteiger partial charge in [-0.1, -0.05) is 25.1 Å². The van der Waals surface area contributed by atoms with Crippen LogP contribution in [0.15, 0.2) is 24.3 Å². The number of amides is 1. The van der Waals surface area contributed by atoms with E-state index in [1.54, 1.807) is 0 Å². The summed E-state index contributed by atoms with van der Waals surface area (Å²) in [5, 5.41) is 6.37. The third-order valence-electron chi connectivity index (χ3n) is 4.37. The molecule has 4 nitrogen and oxygen atoms in total. The van der Waals surface area contributed by atoms with Crippen molar-refractivity contribution in [3.63, 3.8) is 0 Å². The maximum Gasteiger partial charge on any atom is 0.251 e. The molecule has 0 atom stereocenters. The first kappa shape index (κ1) is 17.0. The quantitative estimate of drug-likeness (QED) is 0.810. The number of benzene rings is 1. The molecule has 22 heavy (non-hydrogen) atoms. The molecule has 2 N–H and O–H groups in total. The molecule has 1 saturated heterocycles. The monoisotopic (exact) mass is 303 g/mol. The third-order valence-corrected chi connectivity index (χ3v) is 4.37. The normalized spacial score (nSPS) is 16.6. The van der Waals surface area contributed by atoms with E-state index in [-0.39, 0.29) is 5.91 Å². The lowest BCUT2D eigenvalue weighted by Gasteiger charge is -2.32. The van der Waals surface area contributed by atoms with Crippen molar-refractivity contribution in [2.45, 2.75) is 38.6 Å². The molecule has 122 valence electrons. The Bertz CT molecular complexity index is 467. The van der Waals surface area contributed by atoms with Crippen molar-refractivity contribution in [1.82, 2.24) is 15.5 Å². The zero-order chi connectivity index (χ0) is 15.8. The Kier molecular flexibility index (Phi) is 6.87. The van der Waals surface area contributed by atoms with E-state index in [0.717, 1.165) is 50.0 Å². The van der Waals surface area contributed by atoms with Gasteiger partial charge in [-0.05, 0) is 57.5 Å². The molecule has 1 heterocycles. The molecule has 0 aromatic heterocycles. The first-order valence-electron chi connectivity index (χ1n) is 8.50. The van der Waals surface area contributed by atoms with Crippen LogP contribution in [0.3, 0.4) is 0 Å². The fraction of sp³-hybridized carbons (Fsp3) is 0.611. The second-order valence-corrected chi connectivity index (χ2v) is 6.10. The van der Waals surface area contributed by atoms with Crippen LogP contribution in [0.2, 0.25) is 0 Å². The summed E-state index contributed by atoms with van der Waals surface area (Å²) < 4.78 is 0. The lowest BCUT2D eigenvalue weighted by atomic mass is 10.0. The molecule has 4 heteroatoms. The van der Waals surface area contributed by atoms with Gasteiger partial charge in [-0.15, -0.1) is 0 Å². The lowest BCUT2D eigenvalue weighted by Crippen LogP contribution is -2.45. The molecule has 1 aromatic carbocycles. The van der Waals surface area contributed by atoms with Gasteiger partial charge in [0, 0.05) is 24.7 Å². The molecule has 0 bridgehead atoms. The van der Waals surface area contributed by atoms with Gasteiger partial charge in [0.25, 0.3) is 5.91 Å². The highest BCUT2D eigenvalue weighted by Gasteiger charge is 2.21. The number of nitrogens with one attached hydrogen (secondary N) is 2. The number of rotatable bonds is 7. The predicted molar refractivity (Wildman–Crippen MR) is 91.3 cm³/mol. The Labute approximate surface area is 134 Å². The van der Waals surface area contributed by atoms with Gasteiger partial charge >= 0.3 is 0 Å². The maximum atomic E-state index is 12.6. The zero-order valence-electron chi connectivity index (χ0n) is 13.9. The van der Waals surface area contributed by atoms with Gasteiger partial charge < -0.3 is 15.5 Å². The molecule has 0 aliphatic carbocycles. The summed E-state index contributed by atoms with van der Waals surface area (Å²) in [6, 6.07) is 8.26. The number of carbonyl (C=O) groups excluding carboxylic acids is 1. The molecular weight excluding hydrogens is 274 g/mol. The molecule has 1 fully saturated rings. The molecule has 0 unspecified atom stereocenters. The van der Waals surface area contributed by atoms with Crippen LogP contribution in [-0.4, -0.2) is 50.1 Å². The number of nitrogens with zero attached hydrogens (tertiary/aromatic N) is 1. The van der Waals surface area contributed by atoms with Crippen LogP contribution in [-0.2, 0) is 6.42 Å². The molecule has 1 aliphatic rings. The van der Waals surface area contributed by atoms with Crippen molar-refractivity contribution in [2.75, 3.05) is 33.2 Å². The average molecular weight is 303 g/mol. The summed E-state index contributed by atoms with van der Waals surface area (Å²) in [6.07, 6.45) is 4.21. The Morgan fingerprint density at radius 2 is 2.00 bits per heavy atom. The van der Waals surface area contributed by atoms with Crippen LogP contribution in [0.1, 0.15) is 42.1 Å². The standard InChI is InChI=1S/C18H29N3O/c1-3-12-21-13-9-16(10-14-21)20-18(22)17-7-5-4-6-15(17)8-11-19-2/h4-7,16,19H,3,8-14H2,1-2H3,(H,20,22). The molecule has 2 rings (SSSR count). The van der Waals surface area contributed by atoms with Crippen molar-refractivity contribution in [3.05, 3.63) is 35.4 Å². The van der Waals surface area contributed by atoms with Crippen molar-refractivity contribution < 1.29 is 4.79 Å². The van der Waals surface area contributed by atoms with E-state index in [9.17, 15) is 4.79 Å². The summed E-state index contributed by atoms with van der Waals surface area (Å²) in [5.41, 5.74) is 1.95. The largest absolute Gasteiger partial charge is 0.349 e. The molecule has 1 amide bonds. The van der Waals surface area contributed by atoms with Crippen LogP contribution in [0.5, 0.6) is 0 Å². The Morgan fingerprint density at radius 1 is 1.27 bits per heavy atom. The highest BCUT2D eigenvalue weighted by molar-refractivity contribution is 5.95. The number of hydrogen-bond donors (Lipinski definition) is 2. The van der Waals surface area contributed by atoms with E-state index < -0.39 is 0 Å². The van der Waals surface area contributed by atoms with Crippen molar-refractivity contribution >= 4 is 5.91 Å². The Hall–Kier alpha value is -1.39. The summed E-state index contributed by atoms with van der Waals surface area (Å²) in [7, 11) is 1.94. The topological polar surface area (TPSA) is 44.4 Å². The molecular formula is C18H29N3O. The second kappa shape index (κ2) is 8.91. The van der Waals surface area contributed by atoms with Crippen LogP contribution in [0.4, 0.5) is 0 Å². The van der Waals surface area contributed by atoms with Gasteiger partial charge in [-0.25, -0.2) is 0 Å². The second-order valence-electron chi connectivity index (χ2n) is 6.10. The van der Waals surface area contributed by atoms with Crippen molar-refractivity contribution in [2.24, 2.45) is 0 Å². The molecule has 1 aromatic rings. The molecule has 0 radical (unpaired) electrons. The zero-order valence-corrected chi connectivity index (χ0v) is 13.9. The minimum Gasteiger partial charge on any atom is -0.349 e. The first-order chi connectivity index (χ1) is 10.7. The van der Waals surface area contributed by atoms with Crippen LogP contribution in [0, 0.1) is 0 Å². The van der Waals surface area contributed by atoms with Gasteiger partial charge in [0.2, 0.25) is 0 Å². The molecule has 0 spiro atoms. The van der Waals surface area contributed by atoms with Crippen LogP contribution >= 0.6 is 0 Å². The predicted octanol–water partition coefficient (Wildman–Crippen LogP) is 2.05. The Morgan fingerprint density at radius 3 is 2.68 bits per heavy atom. The van der Waals surface area contributed by atoms with Gasteiger partial charge in [-0.2, -0.15) is 0 Å². The number of likely N-dealkylation sites (tertiary alicyclic amines) is 1. The van der Waals surface area contributed by atoms with Gasteiger partial charge in [0.15, 0.2) is 0 Å². The highest BCUT2D eigenvalue weighted by Crippen LogP contribution is 2.14. The van der Waals surface area contributed by atoms with E-state index >= 15 is 0 Å². The number of piperidine rings is 1. The van der Waals surface area contributed by atoms with Gasteiger partial charge in [0.1, 0.15) is 0 Å². The summed E-state index contributed by atoms with van der Waals surface area (Å²) in [4.78, 5) is 15.0. The van der Waals surface area contributed by atoms with Crippen LogP contribution in [0.25, 0.3) is 0 Å². The van der Waals surface area contributed by atoms with Crippen LogP contribution < -0.4 is 10.6 Å². The molecule has 0 saturated carbocycles. The highest BCUT2D eigenvalue weighted by atomic mass is 16.1. The van der Waals surface area contributed by atoms with E-state index in [4.69, 9.17) is 0 Å². The lowest BCUT2D eigenvalue weighted by molar-refractivity contribution is 0.0910. The van der Waals surface area contributed by atoms with E-state index in [1.807, 2.05) is 25.2 Å². The first-order valence-corrected chi connectivity index (χ1v) is 8.50. The number of likely N-dealkylation sites (N-methyl/N-ethyl adjacent to an activating group) is 1. The third kappa shape index (κ3) is 4.82. The number of hydrogen-bond acceptors (Lipinski definition) is 3. The SMILES string of the molecule is CCCN1CCC(NC(=O)c2ccccc2CCNC)CC1. The van der Waals surface area contributed by atoms with Gasteiger partial charge in [0.05, 0.1) is 0 Å². The van der Waals surface area contributed by atoms with E-state index in [0.29, 0.717) is 6.04 Å². The fourth-order valence-electron chi connectivity index (χ4n) is 3.10. The van der Waals surface area contributed by atoms with E-state index in [1.165, 1.54) is 13.0 Å². The van der Waals surface area contributed by atoms with Crippen molar-refractivity contribution in [1.29, 1.82) is 0 Å². The summed E-state index contributed by atoms with van der Waals surface area (Å²) >= 11 is 0. The minimum atomic E-state index is 0.0839. The van der Waals surface area contributed by atoms with Crippen molar-refractivity contribution in [3.8, 4) is 0 Å². The average Bonchev–Trinajstić information content (AvgIpc) is 2.55. The minimum absolute atomic E-state index is 0.0839. The Balaban J connectivity index is 1.90. The number of carbonyl (C=O) groups is 1. The smallest absolute Gasteiger partial charge is 0.251 e. The maximum absolute atomic E-state index is 12.6. The van der Waals surface area contributed by atoms with E-state index in [2.05, 4.69) is 28.5 Å². The molecule has 1 aliphatic heterocycles.